The molecule has 1 saturated carbocycles. The number of nitrogens with one attached hydrogen (secondary N) is 2. The van der Waals surface area contributed by atoms with E-state index >= 15 is 0 Å². The van der Waals surface area contributed by atoms with E-state index in [0.717, 1.165) is 36.9 Å². The number of amides is 2. The monoisotopic (exact) mass is 463 g/mol. The van der Waals surface area contributed by atoms with E-state index < -0.39 is 16.1 Å². The van der Waals surface area contributed by atoms with Crippen LogP contribution >= 0.6 is 0 Å². The molecule has 1 fully saturated rings. The van der Waals surface area contributed by atoms with Crippen LogP contribution in [0, 0.1) is 5.92 Å². The van der Waals surface area contributed by atoms with Crippen molar-refractivity contribution < 1.29 is 18.0 Å². The lowest BCUT2D eigenvalue weighted by atomic mass is 10.0. The van der Waals surface area contributed by atoms with Crippen molar-refractivity contribution in [3.63, 3.8) is 0 Å². The molecule has 8 heteroatoms. The molecule has 1 aromatic rings. The zero-order valence-corrected chi connectivity index (χ0v) is 20.3. The number of benzene rings is 1. The highest BCUT2D eigenvalue weighted by atomic mass is 32.2. The zero-order valence-electron chi connectivity index (χ0n) is 19.5. The lowest BCUT2D eigenvalue weighted by Crippen LogP contribution is -2.50. The molecule has 0 spiro atoms. The van der Waals surface area contributed by atoms with Gasteiger partial charge >= 0.3 is 0 Å². The van der Waals surface area contributed by atoms with Crippen molar-refractivity contribution in [1.82, 2.24) is 10.0 Å². The summed E-state index contributed by atoms with van der Waals surface area (Å²) in [5.74, 6) is -0.0454. The molecule has 178 valence electrons. The van der Waals surface area contributed by atoms with Crippen LogP contribution in [-0.4, -0.2) is 38.9 Å². The Bertz CT molecular complexity index is 921. The summed E-state index contributed by atoms with van der Waals surface area (Å²) in [6.45, 7) is 6.35. The normalized spacial score (nSPS) is 18.3. The fourth-order valence-electron chi connectivity index (χ4n) is 4.66. The maximum absolute atomic E-state index is 13.2. The smallest absolute Gasteiger partial charge is 0.241 e. The first-order chi connectivity index (χ1) is 15.2. The van der Waals surface area contributed by atoms with Crippen LogP contribution in [0.2, 0.25) is 0 Å². The first-order valence-electron chi connectivity index (χ1n) is 12.0. The molecule has 1 heterocycles. The number of nitrogens with zero attached hydrogens (tertiary/aromatic N) is 1. The van der Waals surface area contributed by atoms with Gasteiger partial charge in [0.15, 0.2) is 0 Å². The standard InChI is InChI=1S/C24H37N3O4S/c1-4-23(28)27-14-13-18-16-20(11-12-22(18)27)32(30,31)26-21(15-17(2)3)24(29)25-19-9-7-5-6-8-10-19/h11-12,16-17,19,21,26H,4-10,13-15H2,1-3H3,(H,25,29)/t21-/m0/s1. The maximum atomic E-state index is 13.2. The first-order valence-corrected chi connectivity index (χ1v) is 13.5. The molecule has 7 nitrogen and oxygen atoms in total. The molecule has 1 atom stereocenters. The van der Waals surface area contributed by atoms with Gasteiger partial charge in [-0.3, -0.25) is 9.59 Å². The Hall–Kier alpha value is -1.93. The van der Waals surface area contributed by atoms with Crippen LogP contribution in [0.25, 0.3) is 0 Å². The van der Waals surface area contributed by atoms with Gasteiger partial charge in [0, 0.05) is 24.7 Å². The zero-order chi connectivity index (χ0) is 23.3. The molecule has 1 aromatic carbocycles. The largest absolute Gasteiger partial charge is 0.352 e. The van der Waals surface area contributed by atoms with Crippen molar-refractivity contribution in [2.75, 3.05) is 11.4 Å². The molecule has 1 aliphatic carbocycles. The Balaban J connectivity index is 1.75. The van der Waals surface area contributed by atoms with Gasteiger partial charge in [0.25, 0.3) is 0 Å². The summed E-state index contributed by atoms with van der Waals surface area (Å²) < 4.78 is 29.0. The maximum Gasteiger partial charge on any atom is 0.241 e. The van der Waals surface area contributed by atoms with E-state index in [1.807, 2.05) is 20.8 Å². The second-order valence-corrected chi connectivity index (χ2v) is 11.2. The molecule has 0 radical (unpaired) electrons. The highest BCUT2D eigenvalue weighted by molar-refractivity contribution is 7.89. The molecular formula is C24H37N3O4S. The van der Waals surface area contributed by atoms with Gasteiger partial charge in [0.05, 0.1) is 4.90 Å². The van der Waals surface area contributed by atoms with E-state index in [0.29, 0.717) is 25.8 Å². The van der Waals surface area contributed by atoms with Crippen LogP contribution in [0.5, 0.6) is 0 Å². The fourth-order valence-corrected chi connectivity index (χ4v) is 5.91. The molecule has 0 saturated heterocycles. The van der Waals surface area contributed by atoms with Crippen molar-refractivity contribution in [3.8, 4) is 0 Å². The number of anilines is 1. The molecule has 3 rings (SSSR count). The van der Waals surface area contributed by atoms with Crippen molar-refractivity contribution in [2.24, 2.45) is 5.92 Å². The Morgan fingerprint density at radius 3 is 2.44 bits per heavy atom. The lowest BCUT2D eigenvalue weighted by molar-refractivity contribution is -0.124. The van der Waals surface area contributed by atoms with Gasteiger partial charge in [-0.2, -0.15) is 4.72 Å². The number of rotatable bonds is 8. The highest BCUT2D eigenvalue weighted by Crippen LogP contribution is 2.31. The summed E-state index contributed by atoms with van der Waals surface area (Å²) in [5.41, 5.74) is 1.62. The van der Waals surface area contributed by atoms with Crippen molar-refractivity contribution in [2.45, 2.75) is 95.5 Å². The minimum Gasteiger partial charge on any atom is -0.352 e. The molecule has 2 aliphatic rings. The molecular weight excluding hydrogens is 426 g/mol. The molecule has 2 amide bonds. The van der Waals surface area contributed by atoms with Gasteiger partial charge < -0.3 is 10.2 Å². The van der Waals surface area contributed by atoms with Gasteiger partial charge in [-0.05, 0) is 55.4 Å². The van der Waals surface area contributed by atoms with Crippen LogP contribution in [0.3, 0.4) is 0 Å². The van der Waals surface area contributed by atoms with E-state index in [9.17, 15) is 18.0 Å². The van der Waals surface area contributed by atoms with Gasteiger partial charge in [0.2, 0.25) is 21.8 Å². The predicted octanol–water partition coefficient (Wildman–Crippen LogP) is 3.52. The van der Waals surface area contributed by atoms with Crippen LogP contribution in [0.1, 0.15) is 77.7 Å². The number of hydrogen-bond donors (Lipinski definition) is 2. The van der Waals surface area contributed by atoms with Crippen LogP contribution < -0.4 is 14.9 Å². The van der Waals surface area contributed by atoms with Crippen molar-refractivity contribution in [3.05, 3.63) is 23.8 Å². The van der Waals surface area contributed by atoms with Crippen LogP contribution in [0.15, 0.2) is 23.1 Å². The fraction of sp³-hybridized carbons (Fsp3) is 0.667. The number of sulfonamides is 1. The summed E-state index contributed by atoms with van der Waals surface area (Å²) in [7, 11) is -3.88. The number of carbonyl (C=O) groups excluding carboxylic acids is 2. The second kappa shape index (κ2) is 10.8. The predicted molar refractivity (Wildman–Crippen MR) is 126 cm³/mol. The third-order valence-electron chi connectivity index (χ3n) is 6.38. The van der Waals surface area contributed by atoms with Gasteiger partial charge in [0.1, 0.15) is 6.04 Å². The SMILES string of the molecule is CCC(=O)N1CCc2cc(S(=O)(=O)N[C@@H](CC(C)C)C(=O)NC3CCCCCC3)ccc21. The quantitative estimate of drug-likeness (QED) is 0.577. The molecule has 1 aliphatic heterocycles. The van der Waals surface area contributed by atoms with E-state index in [4.69, 9.17) is 0 Å². The second-order valence-electron chi connectivity index (χ2n) is 9.44. The first kappa shape index (κ1) is 24.7. The van der Waals surface area contributed by atoms with Crippen LogP contribution in [0.4, 0.5) is 5.69 Å². The van der Waals surface area contributed by atoms with Gasteiger partial charge in [-0.1, -0.05) is 46.5 Å². The number of fused-ring (bicyclic) bond motifs is 1. The Labute approximate surface area is 192 Å². The van der Waals surface area contributed by atoms with Gasteiger partial charge in [-0.25, -0.2) is 8.42 Å². The molecule has 2 N–H and O–H groups in total. The summed E-state index contributed by atoms with van der Waals surface area (Å²) in [4.78, 5) is 27.0. The Morgan fingerprint density at radius 2 is 1.81 bits per heavy atom. The summed E-state index contributed by atoms with van der Waals surface area (Å²) >= 11 is 0. The Kier molecular flexibility index (Phi) is 8.33. The highest BCUT2D eigenvalue weighted by Gasteiger charge is 2.30. The average Bonchev–Trinajstić information content (AvgIpc) is 3.00. The topological polar surface area (TPSA) is 95.6 Å². The minimum atomic E-state index is -3.88. The third-order valence-corrected chi connectivity index (χ3v) is 7.85. The molecule has 0 aromatic heterocycles. The molecule has 32 heavy (non-hydrogen) atoms. The number of carbonyl (C=O) groups is 2. The lowest BCUT2D eigenvalue weighted by Gasteiger charge is -2.24. The third kappa shape index (κ3) is 6.10. The van der Waals surface area contributed by atoms with Crippen LogP contribution in [-0.2, 0) is 26.0 Å². The summed E-state index contributed by atoms with van der Waals surface area (Å²) in [5, 5.41) is 3.09. The Morgan fingerprint density at radius 1 is 1.12 bits per heavy atom. The molecule has 0 unspecified atom stereocenters. The van der Waals surface area contributed by atoms with Crippen molar-refractivity contribution >= 4 is 27.5 Å². The minimum absolute atomic E-state index is 0.0321. The summed E-state index contributed by atoms with van der Waals surface area (Å²) in [6.07, 6.45) is 7.94. The number of hydrogen-bond acceptors (Lipinski definition) is 4. The average molecular weight is 464 g/mol. The molecule has 0 bridgehead atoms. The summed E-state index contributed by atoms with van der Waals surface area (Å²) in [6, 6.07) is 4.17. The van der Waals surface area contributed by atoms with E-state index in [-0.39, 0.29) is 28.7 Å². The van der Waals surface area contributed by atoms with E-state index in [1.54, 1.807) is 17.0 Å². The van der Waals surface area contributed by atoms with E-state index in [1.165, 1.54) is 18.9 Å². The van der Waals surface area contributed by atoms with Crippen molar-refractivity contribution in [1.29, 1.82) is 0 Å². The van der Waals surface area contributed by atoms with Gasteiger partial charge in [-0.15, -0.1) is 0 Å². The van der Waals surface area contributed by atoms with E-state index in [2.05, 4.69) is 10.0 Å².